The van der Waals surface area contributed by atoms with Crippen LogP contribution in [0.25, 0.3) is 0 Å². The van der Waals surface area contributed by atoms with Gasteiger partial charge in [0, 0.05) is 4.88 Å². The van der Waals surface area contributed by atoms with E-state index in [2.05, 4.69) is 15.6 Å². The summed E-state index contributed by atoms with van der Waals surface area (Å²) in [5.74, 6) is -0.506. The monoisotopic (exact) mass is 331 g/mol. The first-order valence-corrected chi connectivity index (χ1v) is 7.75. The standard InChI is InChI=1S/C15H14FN5OS/c16-11-5-3-10(4-6-11)9-21-14(17)13(19-20-21)15(22)18-8-12-2-1-7-23-12/h1-7H,8-9,17H2,(H,18,22). The van der Waals surface area contributed by atoms with E-state index in [0.29, 0.717) is 13.1 Å². The molecule has 0 unspecified atom stereocenters. The second-order valence-electron chi connectivity index (χ2n) is 4.87. The molecule has 6 nitrogen and oxygen atoms in total. The van der Waals surface area contributed by atoms with Crippen LogP contribution in [0, 0.1) is 5.82 Å². The highest BCUT2D eigenvalue weighted by molar-refractivity contribution is 7.09. The molecule has 0 bridgehead atoms. The lowest BCUT2D eigenvalue weighted by atomic mass is 10.2. The van der Waals surface area contributed by atoms with Gasteiger partial charge in [-0.2, -0.15) is 0 Å². The Hall–Kier alpha value is -2.74. The number of carbonyl (C=O) groups excluding carboxylic acids is 1. The summed E-state index contributed by atoms with van der Waals surface area (Å²) in [5.41, 5.74) is 6.84. The van der Waals surface area contributed by atoms with E-state index < -0.39 is 0 Å². The Bertz CT molecular complexity index is 798. The second-order valence-corrected chi connectivity index (χ2v) is 5.90. The smallest absolute Gasteiger partial charge is 0.276 e. The molecule has 1 amide bonds. The van der Waals surface area contributed by atoms with Crippen LogP contribution in [-0.2, 0) is 13.1 Å². The zero-order valence-corrected chi connectivity index (χ0v) is 12.9. The fraction of sp³-hybridized carbons (Fsp3) is 0.133. The molecule has 2 aromatic heterocycles. The van der Waals surface area contributed by atoms with E-state index in [1.54, 1.807) is 23.5 Å². The van der Waals surface area contributed by atoms with E-state index >= 15 is 0 Å². The number of hydrogen-bond donors (Lipinski definition) is 2. The van der Waals surface area contributed by atoms with Gasteiger partial charge in [0.2, 0.25) is 0 Å². The first-order valence-electron chi connectivity index (χ1n) is 6.87. The van der Waals surface area contributed by atoms with Crippen LogP contribution >= 0.6 is 11.3 Å². The van der Waals surface area contributed by atoms with Crippen molar-refractivity contribution in [1.82, 2.24) is 20.3 Å². The zero-order chi connectivity index (χ0) is 16.2. The molecular formula is C15H14FN5OS. The van der Waals surface area contributed by atoms with E-state index in [-0.39, 0.29) is 23.2 Å². The molecule has 3 aromatic rings. The molecule has 23 heavy (non-hydrogen) atoms. The Morgan fingerprint density at radius 3 is 2.78 bits per heavy atom. The quantitative estimate of drug-likeness (QED) is 0.749. The molecule has 3 N–H and O–H groups in total. The number of amides is 1. The highest BCUT2D eigenvalue weighted by atomic mass is 32.1. The maximum Gasteiger partial charge on any atom is 0.276 e. The van der Waals surface area contributed by atoms with Crippen LogP contribution < -0.4 is 11.1 Å². The molecule has 0 aliphatic carbocycles. The zero-order valence-electron chi connectivity index (χ0n) is 12.1. The predicted octanol–water partition coefficient (Wildman–Crippen LogP) is 2.04. The van der Waals surface area contributed by atoms with Crippen LogP contribution in [0.15, 0.2) is 41.8 Å². The van der Waals surface area contributed by atoms with Crippen LogP contribution in [0.3, 0.4) is 0 Å². The van der Waals surface area contributed by atoms with Crippen LogP contribution in [0.4, 0.5) is 10.2 Å². The van der Waals surface area contributed by atoms with Gasteiger partial charge in [0.15, 0.2) is 11.5 Å². The Balaban J connectivity index is 1.68. The van der Waals surface area contributed by atoms with Crippen molar-refractivity contribution in [3.8, 4) is 0 Å². The van der Waals surface area contributed by atoms with E-state index in [0.717, 1.165) is 10.4 Å². The number of nitrogens with two attached hydrogens (primary N) is 1. The lowest BCUT2D eigenvalue weighted by Gasteiger charge is -2.04. The molecule has 0 atom stereocenters. The summed E-state index contributed by atoms with van der Waals surface area (Å²) in [7, 11) is 0. The third-order valence-corrected chi connectivity index (χ3v) is 4.11. The van der Waals surface area contributed by atoms with Crippen LogP contribution in [0.2, 0.25) is 0 Å². The molecule has 0 aliphatic rings. The van der Waals surface area contributed by atoms with Crippen molar-refractivity contribution in [2.24, 2.45) is 0 Å². The van der Waals surface area contributed by atoms with Gasteiger partial charge in [-0.1, -0.05) is 23.4 Å². The normalized spacial score (nSPS) is 10.7. The number of aromatic nitrogens is 3. The summed E-state index contributed by atoms with van der Waals surface area (Å²) < 4.78 is 14.3. The molecule has 0 saturated heterocycles. The number of nitrogens with zero attached hydrogens (tertiary/aromatic N) is 3. The minimum absolute atomic E-state index is 0.0867. The number of hydrogen-bond acceptors (Lipinski definition) is 5. The average Bonchev–Trinajstić information content (AvgIpc) is 3.18. The molecular weight excluding hydrogens is 317 g/mol. The number of nitrogens with one attached hydrogen (secondary N) is 1. The first kappa shape index (κ1) is 15.2. The van der Waals surface area contributed by atoms with E-state index in [4.69, 9.17) is 5.73 Å². The van der Waals surface area contributed by atoms with Gasteiger partial charge < -0.3 is 11.1 Å². The van der Waals surface area contributed by atoms with Gasteiger partial charge in [-0.15, -0.1) is 16.4 Å². The molecule has 3 rings (SSSR count). The maximum atomic E-state index is 12.9. The maximum absolute atomic E-state index is 12.9. The molecule has 0 saturated carbocycles. The molecule has 0 fully saturated rings. The van der Waals surface area contributed by atoms with Gasteiger partial charge in [0.1, 0.15) is 5.82 Å². The van der Waals surface area contributed by atoms with Gasteiger partial charge in [-0.05, 0) is 29.1 Å². The Morgan fingerprint density at radius 1 is 1.30 bits per heavy atom. The van der Waals surface area contributed by atoms with Crippen molar-refractivity contribution >= 4 is 23.1 Å². The minimum atomic E-state index is -0.374. The summed E-state index contributed by atoms with van der Waals surface area (Å²) in [6.07, 6.45) is 0. The highest BCUT2D eigenvalue weighted by Gasteiger charge is 2.17. The summed E-state index contributed by atoms with van der Waals surface area (Å²) in [6.45, 7) is 0.734. The average molecular weight is 331 g/mol. The third kappa shape index (κ3) is 3.54. The van der Waals surface area contributed by atoms with Crippen molar-refractivity contribution in [3.05, 3.63) is 63.7 Å². The number of carbonyl (C=O) groups is 1. The van der Waals surface area contributed by atoms with Crippen LogP contribution in [-0.4, -0.2) is 20.9 Å². The van der Waals surface area contributed by atoms with Gasteiger partial charge in [-0.3, -0.25) is 4.79 Å². The molecule has 1 aromatic carbocycles. The summed E-state index contributed by atoms with van der Waals surface area (Å²) in [6, 6.07) is 9.83. The Labute approximate surface area is 135 Å². The summed E-state index contributed by atoms with van der Waals surface area (Å²) >= 11 is 1.55. The van der Waals surface area contributed by atoms with Gasteiger partial charge in [0.05, 0.1) is 13.1 Å². The van der Waals surface area contributed by atoms with Crippen molar-refractivity contribution in [2.75, 3.05) is 5.73 Å². The lowest BCUT2D eigenvalue weighted by molar-refractivity contribution is 0.0947. The van der Waals surface area contributed by atoms with Crippen LogP contribution in [0.5, 0.6) is 0 Å². The van der Waals surface area contributed by atoms with Gasteiger partial charge in [-0.25, -0.2) is 9.07 Å². The van der Waals surface area contributed by atoms with E-state index in [1.807, 2.05) is 17.5 Å². The van der Waals surface area contributed by atoms with Crippen molar-refractivity contribution in [1.29, 1.82) is 0 Å². The number of rotatable bonds is 5. The molecule has 8 heteroatoms. The van der Waals surface area contributed by atoms with E-state index in [9.17, 15) is 9.18 Å². The number of benzene rings is 1. The predicted molar refractivity (Wildman–Crippen MR) is 85.4 cm³/mol. The van der Waals surface area contributed by atoms with Gasteiger partial charge in [0.25, 0.3) is 5.91 Å². The number of thiophene rings is 1. The Morgan fingerprint density at radius 2 is 2.09 bits per heavy atom. The topological polar surface area (TPSA) is 85.8 Å². The van der Waals surface area contributed by atoms with Crippen molar-refractivity contribution in [3.63, 3.8) is 0 Å². The van der Waals surface area contributed by atoms with E-state index in [1.165, 1.54) is 16.8 Å². The molecule has 118 valence electrons. The fourth-order valence-electron chi connectivity index (χ4n) is 2.03. The summed E-state index contributed by atoms with van der Waals surface area (Å²) in [4.78, 5) is 13.2. The number of nitrogen functional groups attached to an aromatic ring is 1. The largest absolute Gasteiger partial charge is 0.382 e. The van der Waals surface area contributed by atoms with Crippen molar-refractivity contribution in [2.45, 2.75) is 13.1 Å². The SMILES string of the molecule is Nc1c(C(=O)NCc2cccs2)nnn1Cc1ccc(F)cc1. The number of anilines is 1. The summed E-state index contributed by atoms with van der Waals surface area (Å²) in [5, 5.41) is 12.4. The lowest BCUT2D eigenvalue weighted by Crippen LogP contribution is -2.24. The number of halogens is 1. The molecule has 0 spiro atoms. The van der Waals surface area contributed by atoms with Crippen molar-refractivity contribution < 1.29 is 9.18 Å². The fourth-order valence-corrected chi connectivity index (χ4v) is 2.67. The Kier molecular flexibility index (Phi) is 4.33. The third-order valence-electron chi connectivity index (χ3n) is 3.24. The molecule has 2 heterocycles. The van der Waals surface area contributed by atoms with Crippen LogP contribution in [0.1, 0.15) is 20.9 Å². The first-order chi connectivity index (χ1) is 11.1. The molecule has 0 aliphatic heterocycles. The second kappa shape index (κ2) is 6.57. The minimum Gasteiger partial charge on any atom is -0.382 e. The highest BCUT2D eigenvalue weighted by Crippen LogP contribution is 2.12. The molecule has 0 radical (unpaired) electrons. The van der Waals surface area contributed by atoms with Gasteiger partial charge >= 0.3 is 0 Å².